The number of rotatable bonds is 2. The van der Waals surface area contributed by atoms with Gasteiger partial charge in [-0.15, -0.1) is 0 Å². The normalized spacial score (nSPS) is 16.2. The standard InChI is InChI=1S/C6H12O2/c1-5(4-7)3-6(2)8/h3,6-8H,4H2,1-2H3/b5-3-. The van der Waals surface area contributed by atoms with Crippen LogP contribution in [0.2, 0.25) is 0 Å². The second-order valence-electron chi connectivity index (χ2n) is 1.91. The van der Waals surface area contributed by atoms with Gasteiger partial charge in [0.15, 0.2) is 0 Å². The highest BCUT2D eigenvalue weighted by Gasteiger charge is 1.88. The van der Waals surface area contributed by atoms with E-state index in [0.29, 0.717) is 0 Å². The van der Waals surface area contributed by atoms with E-state index in [2.05, 4.69) is 0 Å². The molecule has 0 aromatic carbocycles. The van der Waals surface area contributed by atoms with Crippen molar-refractivity contribution in [1.29, 1.82) is 0 Å². The molecule has 0 rings (SSSR count). The molecule has 0 heterocycles. The topological polar surface area (TPSA) is 40.5 Å². The van der Waals surface area contributed by atoms with E-state index in [-0.39, 0.29) is 6.61 Å². The highest BCUT2D eigenvalue weighted by Crippen LogP contribution is 1.92. The maximum atomic E-state index is 8.67. The fourth-order valence-corrected chi connectivity index (χ4v) is 0.464. The van der Waals surface area contributed by atoms with Crippen LogP contribution < -0.4 is 0 Å². The van der Waals surface area contributed by atoms with Gasteiger partial charge in [0.25, 0.3) is 0 Å². The van der Waals surface area contributed by atoms with E-state index in [1.165, 1.54) is 0 Å². The molecule has 8 heavy (non-hydrogen) atoms. The van der Waals surface area contributed by atoms with Crippen molar-refractivity contribution in [3.8, 4) is 0 Å². The van der Waals surface area contributed by atoms with Crippen molar-refractivity contribution in [1.82, 2.24) is 0 Å². The minimum absolute atomic E-state index is 0.0326. The van der Waals surface area contributed by atoms with Crippen LogP contribution >= 0.6 is 0 Å². The summed E-state index contributed by atoms with van der Waals surface area (Å²) in [5.74, 6) is 0. The third-order valence-corrected chi connectivity index (χ3v) is 0.775. The molecule has 0 aromatic heterocycles. The molecule has 1 atom stereocenters. The van der Waals surface area contributed by atoms with Crippen molar-refractivity contribution in [2.75, 3.05) is 6.61 Å². The Hall–Kier alpha value is -0.340. The van der Waals surface area contributed by atoms with E-state index in [4.69, 9.17) is 10.2 Å². The van der Waals surface area contributed by atoms with Gasteiger partial charge in [-0.2, -0.15) is 0 Å². The van der Waals surface area contributed by atoms with Gasteiger partial charge < -0.3 is 10.2 Å². The zero-order chi connectivity index (χ0) is 6.57. The van der Waals surface area contributed by atoms with Gasteiger partial charge in [0.05, 0.1) is 12.7 Å². The molecule has 0 spiro atoms. The van der Waals surface area contributed by atoms with E-state index in [9.17, 15) is 0 Å². The molecule has 0 aromatic rings. The van der Waals surface area contributed by atoms with E-state index in [0.717, 1.165) is 5.57 Å². The molecular weight excluding hydrogens is 104 g/mol. The number of hydrogen-bond acceptors (Lipinski definition) is 2. The lowest BCUT2D eigenvalue weighted by Gasteiger charge is -1.96. The van der Waals surface area contributed by atoms with Crippen molar-refractivity contribution >= 4 is 0 Å². The highest BCUT2D eigenvalue weighted by atomic mass is 16.3. The Labute approximate surface area is 49.5 Å². The van der Waals surface area contributed by atoms with Gasteiger partial charge in [-0.1, -0.05) is 6.08 Å². The zero-order valence-corrected chi connectivity index (χ0v) is 5.26. The van der Waals surface area contributed by atoms with Crippen LogP contribution in [0, 0.1) is 0 Å². The second kappa shape index (κ2) is 3.64. The lowest BCUT2D eigenvalue weighted by molar-refractivity contribution is 0.240. The van der Waals surface area contributed by atoms with Gasteiger partial charge in [-0.3, -0.25) is 0 Å². The lowest BCUT2D eigenvalue weighted by Crippen LogP contribution is -1.96. The molecule has 0 aliphatic carbocycles. The molecular formula is C6H12O2. The Balaban J connectivity index is 3.56. The van der Waals surface area contributed by atoms with Gasteiger partial charge in [0, 0.05) is 0 Å². The predicted molar refractivity (Wildman–Crippen MR) is 32.5 cm³/mol. The summed E-state index contributed by atoms with van der Waals surface area (Å²) in [5, 5.41) is 17.1. The van der Waals surface area contributed by atoms with Crippen molar-refractivity contribution in [2.24, 2.45) is 0 Å². The third kappa shape index (κ3) is 3.84. The number of aliphatic hydroxyl groups excluding tert-OH is 2. The molecule has 0 radical (unpaired) electrons. The highest BCUT2D eigenvalue weighted by molar-refractivity contribution is 5.00. The van der Waals surface area contributed by atoms with Gasteiger partial charge in [-0.05, 0) is 19.4 Å². The molecule has 0 saturated heterocycles. The van der Waals surface area contributed by atoms with E-state index >= 15 is 0 Å². The van der Waals surface area contributed by atoms with Crippen LogP contribution in [0.1, 0.15) is 13.8 Å². The molecule has 1 unspecified atom stereocenters. The summed E-state index contributed by atoms with van der Waals surface area (Å²) >= 11 is 0. The molecule has 0 aliphatic rings. The van der Waals surface area contributed by atoms with Crippen LogP contribution in [0.5, 0.6) is 0 Å². The Morgan fingerprint density at radius 3 is 2.38 bits per heavy atom. The predicted octanol–water partition coefficient (Wildman–Crippen LogP) is 0.306. The van der Waals surface area contributed by atoms with Crippen LogP contribution in [0.3, 0.4) is 0 Å². The van der Waals surface area contributed by atoms with Crippen LogP contribution in [0.25, 0.3) is 0 Å². The number of hydrogen-bond donors (Lipinski definition) is 2. The van der Waals surface area contributed by atoms with Crippen LogP contribution in [-0.2, 0) is 0 Å². The van der Waals surface area contributed by atoms with Gasteiger partial charge >= 0.3 is 0 Å². The van der Waals surface area contributed by atoms with Crippen molar-refractivity contribution in [2.45, 2.75) is 20.0 Å². The largest absolute Gasteiger partial charge is 0.392 e. The molecule has 0 fully saturated rings. The molecule has 0 amide bonds. The van der Waals surface area contributed by atoms with Gasteiger partial charge in [0.2, 0.25) is 0 Å². The fraction of sp³-hybridized carbons (Fsp3) is 0.667. The van der Waals surface area contributed by atoms with Crippen molar-refractivity contribution < 1.29 is 10.2 Å². The summed E-state index contributed by atoms with van der Waals surface area (Å²) in [6, 6.07) is 0. The first-order chi connectivity index (χ1) is 3.66. The van der Waals surface area contributed by atoms with Gasteiger partial charge in [0.1, 0.15) is 0 Å². The third-order valence-electron chi connectivity index (χ3n) is 0.775. The van der Waals surface area contributed by atoms with Crippen molar-refractivity contribution in [3.63, 3.8) is 0 Å². The first-order valence-electron chi connectivity index (χ1n) is 2.63. The minimum atomic E-state index is -0.442. The van der Waals surface area contributed by atoms with E-state index in [1.807, 2.05) is 0 Å². The Morgan fingerprint density at radius 2 is 2.25 bits per heavy atom. The average Bonchev–Trinajstić information content (AvgIpc) is 1.65. The second-order valence-corrected chi connectivity index (χ2v) is 1.91. The monoisotopic (exact) mass is 116 g/mol. The summed E-state index contributed by atoms with van der Waals surface area (Å²) in [5.41, 5.74) is 0.806. The molecule has 2 heteroatoms. The van der Waals surface area contributed by atoms with Crippen molar-refractivity contribution in [3.05, 3.63) is 11.6 Å². The summed E-state index contributed by atoms with van der Waals surface area (Å²) in [6.07, 6.45) is 1.17. The first-order valence-corrected chi connectivity index (χ1v) is 2.63. The Morgan fingerprint density at radius 1 is 1.75 bits per heavy atom. The number of aliphatic hydroxyl groups is 2. The maximum absolute atomic E-state index is 8.67. The zero-order valence-electron chi connectivity index (χ0n) is 5.26. The Kier molecular flexibility index (Phi) is 3.48. The molecule has 48 valence electrons. The Bertz CT molecular complexity index is 84.5. The molecule has 2 N–H and O–H groups in total. The summed E-state index contributed by atoms with van der Waals surface area (Å²) < 4.78 is 0. The summed E-state index contributed by atoms with van der Waals surface area (Å²) in [6.45, 7) is 3.46. The maximum Gasteiger partial charge on any atom is 0.0696 e. The quantitative estimate of drug-likeness (QED) is 0.509. The fourth-order valence-electron chi connectivity index (χ4n) is 0.464. The van der Waals surface area contributed by atoms with Crippen LogP contribution in [0.4, 0.5) is 0 Å². The van der Waals surface area contributed by atoms with E-state index in [1.54, 1.807) is 19.9 Å². The molecule has 2 nitrogen and oxygen atoms in total. The van der Waals surface area contributed by atoms with Crippen LogP contribution in [0.15, 0.2) is 11.6 Å². The average molecular weight is 116 g/mol. The van der Waals surface area contributed by atoms with Crippen LogP contribution in [-0.4, -0.2) is 22.9 Å². The minimum Gasteiger partial charge on any atom is -0.392 e. The molecule has 0 bridgehead atoms. The summed E-state index contributed by atoms with van der Waals surface area (Å²) in [4.78, 5) is 0. The molecule has 0 saturated carbocycles. The SMILES string of the molecule is C/C(=C/C(C)O)CO. The molecule has 0 aliphatic heterocycles. The smallest absolute Gasteiger partial charge is 0.0696 e. The summed E-state index contributed by atoms with van der Waals surface area (Å²) in [7, 11) is 0. The van der Waals surface area contributed by atoms with Gasteiger partial charge in [-0.25, -0.2) is 0 Å². The first kappa shape index (κ1) is 7.66. The van der Waals surface area contributed by atoms with E-state index < -0.39 is 6.10 Å². The lowest BCUT2D eigenvalue weighted by atomic mass is 10.2.